The van der Waals surface area contributed by atoms with Gasteiger partial charge in [-0.2, -0.15) is 0 Å². The highest BCUT2D eigenvalue weighted by atomic mass is 16.4. The molecule has 0 aromatic carbocycles. The molecule has 2 rings (SSSR count). The highest BCUT2D eigenvalue weighted by Crippen LogP contribution is 2.28. The van der Waals surface area contributed by atoms with Crippen LogP contribution in [0, 0.1) is 0 Å². The maximum atomic E-state index is 10.6. The molecule has 2 aliphatic rings. The first-order valence-electron chi connectivity index (χ1n) is 3.96. The summed E-state index contributed by atoms with van der Waals surface area (Å²) in [5.74, 6) is 0. The van der Waals surface area contributed by atoms with Crippen LogP contribution in [0.2, 0.25) is 0 Å². The van der Waals surface area contributed by atoms with Crippen molar-refractivity contribution in [2.45, 2.75) is 31.5 Å². The zero-order chi connectivity index (χ0) is 8.01. The number of nitrogens with zero attached hydrogens (tertiary/aromatic N) is 1. The van der Waals surface area contributed by atoms with Crippen LogP contribution >= 0.6 is 0 Å². The first kappa shape index (κ1) is 6.91. The Hall–Kier alpha value is -0.770. The second-order valence-electron chi connectivity index (χ2n) is 3.32. The molecule has 0 spiro atoms. The van der Waals surface area contributed by atoms with Crippen molar-refractivity contribution in [1.82, 2.24) is 10.2 Å². The van der Waals surface area contributed by atoms with Gasteiger partial charge >= 0.3 is 6.09 Å². The van der Waals surface area contributed by atoms with Gasteiger partial charge in [0.2, 0.25) is 0 Å². The Bertz CT molecular complexity index is 195. The Kier molecular flexibility index (Phi) is 1.32. The van der Waals surface area contributed by atoms with Gasteiger partial charge in [-0.3, -0.25) is 0 Å². The highest BCUT2D eigenvalue weighted by Gasteiger charge is 2.47. The second-order valence-corrected chi connectivity index (χ2v) is 3.32. The Morgan fingerprint density at radius 1 is 1.73 bits per heavy atom. The Labute approximate surface area is 65.2 Å². The molecule has 0 aromatic heterocycles. The van der Waals surface area contributed by atoms with E-state index >= 15 is 0 Å². The van der Waals surface area contributed by atoms with E-state index < -0.39 is 6.09 Å². The summed E-state index contributed by atoms with van der Waals surface area (Å²) in [5, 5.41) is 12.0. The van der Waals surface area contributed by atoms with Crippen LogP contribution in [0.1, 0.15) is 13.3 Å². The first-order chi connectivity index (χ1) is 5.20. The van der Waals surface area contributed by atoms with Crippen LogP contribution in [0.3, 0.4) is 0 Å². The average molecular weight is 156 g/mol. The molecular formula is C7H12N2O2. The third-order valence-electron chi connectivity index (χ3n) is 2.69. The number of hydrogen-bond donors (Lipinski definition) is 2. The second kappa shape index (κ2) is 2.11. The van der Waals surface area contributed by atoms with E-state index in [0.29, 0.717) is 18.6 Å². The van der Waals surface area contributed by atoms with Crippen molar-refractivity contribution in [3.8, 4) is 0 Å². The largest absolute Gasteiger partial charge is 0.465 e. The molecule has 0 radical (unpaired) electrons. The van der Waals surface area contributed by atoms with Crippen molar-refractivity contribution >= 4 is 6.09 Å². The van der Waals surface area contributed by atoms with Crippen LogP contribution in [0.25, 0.3) is 0 Å². The highest BCUT2D eigenvalue weighted by molar-refractivity contribution is 5.66. The van der Waals surface area contributed by atoms with Crippen LogP contribution in [-0.2, 0) is 0 Å². The first-order valence-corrected chi connectivity index (χ1v) is 3.96. The minimum atomic E-state index is -0.772. The molecule has 0 aromatic rings. The van der Waals surface area contributed by atoms with Crippen LogP contribution in [0.5, 0.6) is 0 Å². The van der Waals surface area contributed by atoms with Gasteiger partial charge in [0.15, 0.2) is 0 Å². The third-order valence-corrected chi connectivity index (χ3v) is 2.69. The summed E-state index contributed by atoms with van der Waals surface area (Å²) in [6, 6.07) is 1.02. The molecule has 1 amide bonds. The fourth-order valence-corrected chi connectivity index (χ4v) is 2.16. The van der Waals surface area contributed by atoms with E-state index in [2.05, 4.69) is 5.32 Å². The number of likely N-dealkylation sites (tertiary alicyclic amines) is 1. The van der Waals surface area contributed by atoms with E-state index in [1.807, 2.05) is 6.92 Å². The topological polar surface area (TPSA) is 52.6 Å². The minimum absolute atomic E-state index is 0.243. The lowest BCUT2D eigenvalue weighted by atomic mass is 9.92. The number of rotatable bonds is 0. The maximum Gasteiger partial charge on any atom is 0.407 e. The van der Waals surface area contributed by atoms with E-state index in [4.69, 9.17) is 5.11 Å². The molecule has 0 bridgehead atoms. The molecule has 0 saturated carbocycles. The Morgan fingerprint density at radius 2 is 2.45 bits per heavy atom. The summed E-state index contributed by atoms with van der Waals surface area (Å²) < 4.78 is 0. The summed E-state index contributed by atoms with van der Waals surface area (Å²) in [4.78, 5) is 12.2. The van der Waals surface area contributed by atoms with Gasteiger partial charge in [0.25, 0.3) is 0 Å². The van der Waals surface area contributed by atoms with E-state index in [9.17, 15) is 4.79 Å². The van der Waals surface area contributed by atoms with Gasteiger partial charge in [-0.15, -0.1) is 0 Å². The van der Waals surface area contributed by atoms with Crippen LogP contribution in [0.15, 0.2) is 0 Å². The van der Waals surface area contributed by atoms with Crippen molar-refractivity contribution in [3.05, 3.63) is 0 Å². The number of amides is 1. The van der Waals surface area contributed by atoms with Crippen molar-refractivity contribution in [2.75, 3.05) is 6.54 Å². The lowest BCUT2D eigenvalue weighted by Crippen LogP contribution is -2.66. The van der Waals surface area contributed by atoms with Gasteiger partial charge in [0.1, 0.15) is 0 Å². The van der Waals surface area contributed by atoms with Crippen molar-refractivity contribution in [3.63, 3.8) is 0 Å². The van der Waals surface area contributed by atoms with E-state index in [0.717, 1.165) is 6.42 Å². The number of nitrogens with one attached hydrogen (secondary N) is 1. The summed E-state index contributed by atoms with van der Waals surface area (Å²) in [7, 11) is 0. The number of carboxylic acid groups (broad SMARTS) is 1. The number of fused-ring (bicyclic) bond motifs is 1. The summed E-state index contributed by atoms with van der Waals surface area (Å²) in [6.07, 6.45) is 0.201. The molecule has 3 unspecified atom stereocenters. The van der Waals surface area contributed by atoms with Crippen molar-refractivity contribution in [2.24, 2.45) is 0 Å². The lowest BCUT2D eigenvalue weighted by Gasteiger charge is -2.42. The fraction of sp³-hybridized carbons (Fsp3) is 0.857. The van der Waals surface area contributed by atoms with Crippen LogP contribution in [0.4, 0.5) is 4.79 Å². The molecule has 11 heavy (non-hydrogen) atoms. The van der Waals surface area contributed by atoms with E-state index in [1.165, 1.54) is 0 Å². The average Bonchev–Trinajstić information content (AvgIpc) is 2.25. The van der Waals surface area contributed by atoms with Crippen LogP contribution < -0.4 is 5.32 Å². The van der Waals surface area contributed by atoms with Gasteiger partial charge in [-0.1, -0.05) is 0 Å². The molecule has 2 heterocycles. The quantitative estimate of drug-likeness (QED) is 0.523. The summed E-state index contributed by atoms with van der Waals surface area (Å²) >= 11 is 0. The maximum absolute atomic E-state index is 10.6. The molecule has 62 valence electrons. The van der Waals surface area contributed by atoms with Gasteiger partial charge in [-0.05, 0) is 13.3 Å². The number of carbonyl (C=O) groups is 1. The van der Waals surface area contributed by atoms with Gasteiger partial charge < -0.3 is 15.3 Å². The van der Waals surface area contributed by atoms with Gasteiger partial charge in [0.05, 0.1) is 6.04 Å². The van der Waals surface area contributed by atoms with Crippen molar-refractivity contribution in [1.29, 1.82) is 0 Å². The van der Waals surface area contributed by atoms with Crippen molar-refractivity contribution < 1.29 is 9.90 Å². The minimum Gasteiger partial charge on any atom is -0.465 e. The lowest BCUT2D eigenvalue weighted by molar-refractivity contribution is 0.0986. The van der Waals surface area contributed by atoms with Gasteiger partial charge in [0, 0.05) is 18.6 Å². The zero-order valence-corrected chi connectivity index (χ0v) is 6.45. The van der Waals surface area contributed by atoms with Crippen LogP contribution in [-0.4, -0.2) is 40.8 Å². The SMILES string of the molecule is CC1NC2CCN(C(=O)O)C12. The molecule has 2 N–H and O–H groups in total. The molecular weight excluding hydrogens is 144 g/mol. The van der Waals surface area contributed by atoms with E-state index in [-0.39, 0.29) is 6.04 Å². The Morgan fingerprint density at radius 3 is 2.91 bits per heavy atom. The van der Waals surface area contributed by atoms with Gasteiger partial charge in [-0.25, -0.2) is 4.79 Å². The summed E-state index contributed by atoms with van der Waals surface area (Å²) in [6.45, 7) is 2.73. The normalized spacial score (nSPS) is 41.5. The molecule has 2 fully saturated rings. The standard InChI is InChI=1S/C7H12N2O2/c1-4-6-5(8-4)2-3-9(6)7(10)11/h4-6,8H,2-3H2,1H3,(H,10,11). The third kappa shape index (κ3) is 0.822. The number of hydrogen-bond acceptors (Lipinski definition) is 2. The Balaban J connectivity index is 2.08. The fourth-order valence-electron chi connectivity index (χ4n) is 2.16. The zero-order valence-electron chi connectivity index (χ0n) is 6.45. The molecule has 0 aliphatic carbocycles. The monoisotopic (exact) mass is 156 g/mol. The predicted octanol–water partition coefficient (Wildman–Crippen LogP) is 0.0990. The molecule has 2 saturated heterocycles. The molecule has 3 atom stereocenters. The molecule has 4 nitrogen and oxygen atoms in total. The van der Waals surface area contributed by atoms with E-state index in [1.54, 1.807) is 4.90 Å². The molecule has 4 heteroatoms. The smallest absolute Gasteiger partial charge is 0.407 e. The summed E-state index contributed by atoms with van der Waals surface area (Å²) in [5.41, 5.74) is 0. The molecule has 2 aliphatic heterocycles. The predicted molar refractivity (Wildman–Crippen MR) is 39.5 cm³/mol.